The molecule has 204 valence electrons. The van der Waals surface area contributed by atoms with Gasteiger partial charge in [-0.2, -0.15) is 5.26 Å². The lowest BCUT2D eigenvalue weighted by Gasteiger charge is -2.39. The number of hydrogen-bond acceptors (Lipinski definition) is 8. The Kier molecular flexibility index (Phi) is 8.78. The molecule has 3 heterocycles. The molecule has 10 nitrogen and oxygen atoms in total. The number of carbonyl (C=O) groups excluding carboxylic acids is 2. The maximum atomic E-state index is 13.7. The molecule has 4 rings (SSSR count). The fraction of sp³-hybridized carbons (Fsp3) is 0.593. The minimum atomic E-state index is -1.76. The Bertz CT molecular complexity index is 1060. The zero-order valence-electron chi connectivity index (χ0n) is 22.1. The molecule has 1 aromatic carbocycles. The summed E-state index contributed by atoms with van der Waals surface area (Å²) in [5.74, 6) is -1.28. The number of benzene rings is 1. The average molecular weight is 524 g/mol. The topological polar surface area (TPSA) is 135 Å². The highest BCUT2D eigenvalue weighted by atomic mass is 16.6. The second-order valence-electron chi connectivity index (χ2n) is 11.0. The minimum Gasteiger partial charge on any atom is -0.447 e. The van der Waals surface area contributed by atoms with Gasteiger partial charge in [-0.15, -0.1) is 0 Å². The summed E-state index contributed by atoms with van der Waals surface area (Å²) < 4.78 is 11.0. The zero-order chi connectivity index (χ0) is 27.3. The molecule has 3 N–H and O–H groups in total. The van der Waals surface area contributed by atoms with Crippen molar-refractivity contribution in [2.24, 2.45) is 0 Å². The van der Waals surface area contributed by atoms with Gasteiger partial charge in [0.05, 0.1) is 24.7 Å². The van der Waals surface area contributed by atoms with Crippen LogP contribution in [-0.2, 0) is 20.7 Å². The summed E-state index contributed by atoms with van der Waals surface area (Å²) in [6.07, 6.45) is 4.12. The van der Waals surface area contributed by atoms with Gasteiger partial charge in [-0.05, 0) is 57.6 Å². The van der Waals surface area contributed by atoms with E-state index in [-0.39, 0.29) is 30.5 Å². The van der Waals surface area contributed by atoms with Gasteiger partial charge in [-0.3, -0.25) is 9.69 Å². The predicted molar refractivity (Wildman–Crippen MR) is 141 cm³/mol. The molecule has 2 amide bonds. The molecule has 0 unspecified atom stereocenters. The lowest BCUT2D eigenvalue weighted by atomic mass is 9.76. The highest BCUT2D eigenvalue weighted by molar-refractivity contribution is 6.43. The first-order chi connectivity index (χ1) is 18.1. The Hall–Kier alpha value is -2.91. The van der Waals surface area contributed by atoms with Crippen LogP contribution in [0.3, 0.4) is 0 Å². The lowest BCUT2D eigenvalue weighted by molar-refractivity contribution is -0.132. The van der Waals surface area contributed by atoms with Crippen LogP contribution in [0.2, 0.25) is 0 Å². The molecule has 1 aromatic rings. The summed E-state index contributed by atoms with van der Waals surface area (Å²) in [6, 6.07) is 11.3. The quantitative estimate of drug-likeness (QED) is 0.251. The van der Waals surface area contributed by atoms with Gasteiger partial charge >= 0.3 is 13.2 Å². The number of ether oxygens (including phenoxy) is 2. The standard InChI is InChI=1S/C27H37BN4O6/c1-26(2,31-12-14-37-15-13-31)17-21(18-29)24(33)32-22-8-10-27(32,11-9-22)19-38-25(34)30-23(28(35)36)16-20-6-4-3-5-7-20/h3-7,17,22-23,35-36H,8-16,19H2,1-2H3,(H,30,34)/b21-17+/t22?,23-,27?/m0/s1. The molecular weight excluding hydrogens is 487 g/mol. The number of nitriles is 1. The number of nitrogens with one attached hydrogen (secondary N) is 1. The van der Waals surface area contributed by atoms with E-state index in [0.717, 1.165) is 31.5 Å². The number of carbonyl (C=O) groups is 2. The first-order valence-electron chi connectivity index (χ1n) is 13.3. The third kappa shape index (κ3) is 6.21. The fourth-order valence-electron chi connectivity index (χ4n) is 5.97. The van der Waals surface area contributed by atoms with E-state index in [0.29, 0.717) is 26.1 Å². The van der Waals surface area contributed by atoms with E-state index in [1.165, 1.54) is 0 Å². The maximum absolute atomic E-state index is 13.7. The Labute approximate surface area is 224 Å². The molecule has 11 heteroatoms. The van der Waals surface area contributed by atoms with Gasteiger partial charge in [0.1, 0.15) is 18.2 Å². The molecule has 0 aromatic heterocycles. The molecule has 38 heavy (non-hydrogen) atoms. The lowest BCUT2D eigenvalue weighted by Crippen LogP contribution is -2.52. The van der Waals surface area contributed by atoms with Crippen LogP contribution in [0.1, 0.15) is 45.1 Å². The van der Waals surface area contributed by atoms with Crippen LogP contribution in [-0.4, -0.2) is 94.9 Å². The fourth-order valence-corrected chi connectivity index (χ4v) is 5.97. The minimum absolute atomic E-state index is 0.00232. The summed E-state index contributed by atoms with van der Waals surface area (Å²) in [6.45, 7) is 6.64. The van der Waals surface area contributed by atoms with Crippen molar-refractivity contribution in [3.63, 3.8) is 0 Å². The second kappa shape index (κ2) is 11.9. The number of hydrogen-bond donors (Lipinski definition) is 3. The Balaban J connectivity index is 1.42. The zero-order valence-corrected chi connectivity index (χ0v) is 22.1. The Morgan fingerprint density at radius 2 is 1.92 bits per heavy atom. The third-order valence-corrected chi connectivity index (χ3v) is 8.09. The van der Waals surface area contributed by atoms with Crippen molar-refractivity contribution in [3.05, 3.63) is 47.5 Å². The van der Waals surface area contributed by atoms with E-state index in [4.69, 9.17) is 9.47 Å². The van der Waals surface area contributed by atoms with Crippen LogP contribution < -0.4 is 5.32 Å². The molecule has 3 fully saturated rings. The van der Waals surface area contributed by atoms with Crippen LogP contribution in [0.4, 0.5) is 4.79 Å². The van der Waals surface area contributed by atoms with Crippen molar-refractivity contribution in [3.8, 4) is 6.07 Å². The Morgan fingerprint density at radius 1 is 1.26 bits per heavy atom. The first kappa shape index (κ1) is 28.1. The van der Waals surface area contributed by atoms with Crippen molar-refractivity contribution < 1.29 is 29.1 Å². The van der Waals surface area contributed by atoms with E-state index in [1.54, 1.807) is 11.0 Å². The molecule has 3 aliphatic rings. The highest BCUT2D eigenvalue weighted by Crippen LogP contribution is 2.47. The van der Waals surface area contributed by atoms with Crippen LogP contribution in [0, 0.1) is 11.3 Å². The summed E-state index contributed by atoms with van der Waals surface area (Å²) in [7, 11) is -1.76. The number of fused-ring (bicyclic) bond motifs is 2. The van der Waals surface area contributed by atoms with Crippen LogP contribution in [0.15, 0.2) is 42.0 Å². The van der Waals surface area contributed by atoms with Crippen LogP contribution >= 0.6 is 0 Å². The first-order valence-corrected chi connectivity index (χ1v) is 13.3. The molecule has 0 spiro atoms. The molecule has 0 saturated carbocycles. The second-order valence-corrected chi connectivity index (χ2v) is 11.0. The number of alkyl carbamates (subject to hydrolysis) is 1. The molecule has 3 saturated heterocycles. The van der Waals surface area contributed by atoms with E-state index in [9.17, 15) is 24.9 Å². The van der Waals surface area contributed by atoms with Gasteiger partial charge in [0.2, 0.25) is 0 Å². The van der Waals surface area contributed by atoms with Gasteiger partial charge < -0.3 is 29.7 Å². The van der Waals surface area contributed by atoms with Crippen molar-refractivity contribution in [2.75, 3.05) is 32.9 Å². The number of nitrogens with zero attached hydrogens (tertiary/aromatic N) is 3. The summed E-state index contributed by atoms with van der Waals surface area (Å²) >= 11 is 0. The van der Waals surface area contributed by atoms with Gasteiger partial charge in [0.15, 0.2) is 0 Å². The van der Waals surface area contributed by atoms with Crippen molar-refractivity contribution in [1.29, 1.82) is 5.26 Å². The van der Waals surface area contributed by atoms with E-state index >= 15 is 0 Å². The predicted octanol–water partition coefficient (Wildman–Crippen LogP) is 1.42. The van der Waals surface area contributed by atoms with E-state index in [2.05, 4.69) is 16.3 Å². The van der Waals surface area contributed by atoms with Crippen molar-refractivity contribution in [2.45, 2.75) is 69.0 Å². The molecule has 0 aliphatic carbocycles. The van der Waals surface area contributed by atoms with Gasteiger partial charge in [-0.25, -0.2) is 4.79 Å². The summed E-state index contributed by atoms with van der Waals surface area (Å²) in [5, 5.41) is 32.0. The molecule has 3 aliphatic heterocycles. The van der Waals surface area contributed by atoms with Gasteiger partial charge in [0.25, 0.3) is 5.91 Å². The summed E-state index contributed by atoms with van der Waals surface area (Å²) in [5.41, 5.74) is -0.238. The van der Waals surface area contributed by atoms with E-state index < -0.39 is 30.2 Å². The highest BCUT2D eigenvalue weighted by Gasteiger charge is 2.55. The third-order valence-electron chi connectivity index (χ3n) is 8.09. The maximum Gasteiger partial charge on any atom is 0.475 e. The number of amides is 2. The van der Waals surface area contributed by atoms with Gasteiger partial charge in [-0.1, -0.05) is 30.3 Å². The van der Waals surface area contributed by atoms with Crippen molar-refractivity contribution in [1.82, 2.24) is 15.1 Å². The van der Waals surface area contributed by atoms with Crippen LogP contribution in [0.5, 0.6) is 0 Å². The smallest absolute Gasteiger partial charge is 0.447 e. The largest absolute Gasteiger partial charge is 0.475 e. The Morgan fingerprint density at radius 3 is 2.53 bits per heavy atom. The molecule has 1 atom stereocenters. The van der Waals surface area contributed by atoms with Crippen LogP contribution in [0.25, 0.3) is 0 Å². The number of rotatable bonds is 9. The van der Waals surface area contributed by atoms with Crippen molar-refractivity contribution >= 4 is 19.1 Å². The van der Waals surface area contributed by atoms with Gasteiger partial charge in [0, 0.05) is 24.7 Å². The molecule has 0 radical (unpaired) electrons. The summed E-state index contributed by atoms with van der Waals surface area (Å²) in [4.78, 5) is 30.3. The SMILES string of the molecule is CC(C)(/C=C(\C#N)C(=O)N1C2CCC1(COC(=O)N[C@@H](Cc1ccccc1)B(O)O)CC2)N1CCOCC1. The molecular formula is C27H37BN4O6. The molecule has 2 bridgehead atoms. The average Bonchev–Trinajstić information content (AvgIpc) is 3.46. The monoisotopic (exact) mass is 524 g/mol. The normalized spacial score (nSPS) is 24.6. The van der Waals surface area contributed by atoms with E-state index in [1.807, 2.05) is 44.2 Å². The number of morpholine rings is 1.